The summed E-state index contributed by atoms with van der Waals surface area (Å²) >= 11 is 0. The topological polar surface area (TPSA) is 68.9 Å². The average molecular weight is 393 g/mol. The monoisotopic (exact) mass is 393 g/mol. The Balaban J connectivity index is 0.00000361. The zero-order chi connectivity index (χ0) is 14.5. The van der Waals surface area contributed by atoms with Gasteiger partial charge in [0.15, 0.2) is 17.5 Å². The number of nitrogens with two attached hydrogens (primary N) is 1. The molecule has 1 rings (SSSR count). The number of benzene rings is 1. The lowest BCUT2D eigenvalue weighted by atomic mass is 10.1. The second-order valence-electron chi connectivity index (χ2n) is 5.23. The minimum atomic E-state index is -0.105. The molecule has 6 heteroatoms. The van der Waals surface area contributed by atoms with E-state index in [1.165, 1.54) is 0 Å². The number of nitrogens with one attached hydrogen (secondary N) is 1. The number of hydrogen-bond donors (Lipinski definition) is 2. The Morgan fingerprint density at radius 2 is 1.90 bits per heavy atom. The van der Waals surface area contributed by atoms with Gasteiger partial charge < -0.3 is 20.5 Å². The van der Waals surface area contributed by atoms with Gasteiger partial charge in [-0.05, 0) is 26.8 Å². The van der Waals surface area contributed by atoms with E-state index in [2.05, 4.69) is 10.3 Å². The van der Waals surface area contributed by atoms with Crippen molar-refractivity contribution in [1.29, 1.82) is 0 Å². The Kier molecular flexibility index (Phi) is 7.70. The van der Waals surface area contributed by atoms with Gasteiger partial charge in [0.25, 0.3) is 0 Å². The Labute approximate surface area is 138 Å². The third-order valence-electron chi connectivity index (χ3n) is 2.41. The van der Waals surface area contributed by atoms with Crippen molar-refractivity contribution >= 4 is 29.9 Å². The van der Waals surface area contributed by atoms with Crippen LogP contribution in [0.5, 0.6) is 11.5 Å². The van der Waals surface area contributed by atoms with Gasteiger partial charge in [-0.1, -0.05) is 12.1 Å². The molecule has 0 radical (unpaired) electrons. The van der Waals surface area contributed by atoms with E-state index in [1.54, 1.807) is 14.2 Å². The molecule has 0 heterocycles. The molecule has 0 aromatic heterocycles. The number of guanidine groups is 1. The fraction of sp³-hybridized carbons (Fsp3) is 0.500. The van der Waals surface area contributed by atoms with Crippen LogP contribution >= 0.6 is 24.0 Å². The molecule has 114 valence electrons. The van der Waals surface area contributed by atoms with Crippen LogP contribution < -0.4 is 20.5 Å². The minimum absolute atomic E-state index is 0. The SMILES string of the molecule is COc1cccc(CN=C(N)NC(C)(C)C)c1OC.I. The molecule has 0 aliphatic rings. The van der Waals surface area contributed by atoms with E-state index in [4.69, 9.17) is 15.2 Å². The molecule has 3 N–H and O–H groups in total. The molecule has 1 aromatic carbocycles. The van der Waals surface area contributed by atoms with Gasteiger partial charge in [0, 0.05) is 11.1 Å². The first-order chi connectivity index (χ1) is 8.87. The van der Waals surface area contributed by atoms with Crippen molar-refractivity contribution in [3.63, 3.8) is 0 Å². The molecule has 0 atom stereocenters. The van der Waals surface area contributed by atoms with E-state index in [0.29, 0.717) is 24.0 Å². The lowest BCUT2D eigenvalue weighted by Crippen LogP contribution is -2.44. The van der Waals surface area contributed by atoms with Crippen LogP contribution in [-0.2, 0) is 6.54 Å². The zero-order valence-corrected chi connectivity index (χ0v) is 15.0. The summed E-state index contributed by atoms with van der Waals surface area (Å²) in [6.45, 7) is 6.53. The maximum atomic E-state index is 5.84. The van der Waals surface area contributed by atoms with E-state index in [-0.39, 0.29) is 29.5 Å². The van der Waals surface area contributed by atoms with Gasteiger partial charge in [-0.2, -0.15) is 0 Å². The highest BCUT2D eigenvalue weighted by Crippen LogP contribution is 2.30. The van der Waals surface area contributed by atoms with Gasteiger partial charge >= 0.3 is 0 Å². The molecule has 0 aliphatic carbocycles. The molecule has 0 fully saturated rings. The quantitative estimate of drug-likeness (QED) is 0.469. The Morgan fingerprint density at radius 3 is 2.40 bits per heavy atom. The Morgan fingerprint density at radius 1 is 1.25 bits per heavy atom. The lowest BCUT2D eigenvalue weighted by molar-refractivity contribution is 0.352. The van der Waals surface area contributed by atoms with E-state index >= 15 is 0 Å². The molecule has 1 aromatic rings. The second-order valence-corrected chi connectivity index (χ2v) is 5.23. The lowest BCUT2D eigenvalue weighted by Gasteiger charge is -2.21. The molecular formula is C14H24IN3O2. The van der Waals surface area contributed by atoms with Crippen LogP contribution in [0.2, 0.25) is 0 Å². The summed E-state index contributed by atoms with van der Waals surface area (Å²) in [5, 5.41) is 3.11. The first-order valence-electron chi connectivity index (χ1n) is 6.15. The van der Waals surface area contributed by atoms with Crippen LogP contribution in [0, 0.1) is 0 Å². The van der Waals surface area contributed by atoms with E-state index in [0.717, 1.165) is 5.56 Å². The van der Waals surface area contributed by atoms with Crippen molar-refractivity contribution in [2.45, 2.75) is 32.9 Å². The van der Waals surface area contributed by atoms with Gasteiger partial charge in [-0.15, -0.1) is 24.0 Å². The van der Waals surface area contributed by atoms with Crippen LogP contribution in [0.25, 0.3) is 0 Å². The van der Waals surface area contributed by atoms with Gasteiger partial charge in [0.2, 0.25) is 0 Å². The molecule has 5 nitrogen and oxygen atoms in total. The van der Waals surface area contributed by atoms with Crippen LogP contribution in [0.3, 0.4) is 0 Å². The van der Waals surface area contributed by atoms with Crippen LogP contribution in [0.4, 0.5) is 0 Å². The minimum Gasteiger partial charge on any atom is -0.493 e. The molecule has 0 saturated heterocycles. The summed E-state index contributed by atoms with van der Waals surface area (Å²) in [6.07, 6.45) is 0. The molecule has 0 unspecified atom stereocenters. The number of hydrogen-bond acceptors (Lipinski definition) is 3. The van der Waals surface area contributed by atoms with Crippen molar-refractivity contribution in [3.8, 4) is 11.5 Å². The molecule has 20 heavy (non-hydrogen) atoms. The molecule has 0 amide bonds. The highest BCUT2D eigenvalue weighted by molar-refractivity contribution is 14.0. The van der Waals surface area contributed by atoms with Crippen molar-refractivity contribution in [3.05, 3.63) is 23.8 Å². The fourth-order valence-corrected chi connectivity index (χ4v) is 1.67. The molecule has 0 saturated carbocycles. The first kappa shape index (κ1) is 18.8. The van der Waals surface area contributed by atoms with Gasteiger partial charge in [-0.25, -0.2) is 4.99 Å². The van der Waals surface area contributed by atoms with Crippen molar-refractivity contribution in [2.24, 2.45) is 10.7 Å². The third-order valence-corrected chi connectivity index (χ3v) is 2.41. The van der Waals surface area contributed by atoms with E-state index in [9.17, 15) is 0 Å². The van der Waals surface area contributed by atoms with Crippen molar-refractivity contribution < 1.29 is 9.47 Å². The highest BCUT2D eigenvalue weighted by Gasteiger charge is 2.11. The average Bonchev–Trinajstić information content (AvgIpc) is 2.33. The van der Waals surface area contributed by atoms with E-state index < -0.39 is 0 Å². The number of nitrogens with zero attached hydrogens (tertiary/aromatic N) is 1. The zero-order valence-electron chi connectivity index (χ0n) is 12.7. The Bertz CT molecular complexity index is 456. The maximum absolute atomic E-state index is 5.84. The predicted octanol–water partition coefficient (Wildman–Crippen LogP) is 2.52. The second kappa shape index (κ2) is 8.18. The summed E-state index contributed by atoms with van der Waals surface area (Å²) in [7, 11) is 3.22. The summed E-state index contributed by atoms with van der Waals surface area (Å²) in [6, 6.07) is 5.69. The number of halogens is 1. The smallest absolute Gasteiger partial charge is 0.189 e. The van der Waals surface area contributed by atoms with E-state index in [1.807, 2.05) is 39.0 Å². The van der Waals surface area contributed by atoms with Crippen molar-refractivity contribution in [1.82, 2.24) is 5.32 Å². The molecular weight excluding hydrogens is 369 g/mol. The normalized spacial score (nSPS) is 11.6. The highest BCUT2D eigenvalue weighted by atomic mass is 127. The number of rotatable bonds is 4. The summed E-state index contributed by atoms with van der Waals surface area (Å²) in [4.78, 5) is 4.31. The van der Waals surface area contributed by atoms with Crippen LogP contribution in [0.1, 0.15) is 26.3 Å². The van der Waals surface area contributed by atoms with Crippen LogP contribution in [-0.4, -0.2) is 25.7 Å². The van der Waals surface area contributed by atoms with Gasteiger partial charge in [0.1, 0.15) is 0 Å². The Hall–Kier alpha value is -1.18. The number of ether oxygens (including phenoxy) is 2. The number of aliphatic imine (C=N–C) groups is 1. The first-order valence-corrected chi connectivity index (χ1v) is 6.15. The predicted molar refractivity (Wildman–Crippen MR) is 93.2 cm³/mol. The standard InChI is InChI=1S/C14H23N3O2.HI/c1-14(2,3)17-13(15)16-9-10-7-6-8-11(18-4)12(10)19-5;/h6-8H,9H2,1-5H3,(H3,15,16,17);1H. The molecule has 0 bridgehead atoms. The maximum Gasteiger partial charge on any atom is 0.189 e. The summed E-state index contributed by atoms with van der Waals surface area (Å²) in [5.74, 6) is 1.80. The third kappa shape index (κ3) is 5.85. The summed E-state index contributed by atoms with van der Waals surface area (Å²) < 4.78 is 10.6. The van der Waals surface area contributed by atoms with Gasteiger partial charge in [0.05, 0.1) is 20.8 Å². The largest absolute Gasteiger partial charge is 0.493 e. The number of methoxy groups -OCH3 is 2. The number of para-hydroxylation sites is 1. The molecule has 0 spiro atoms. The summed E-state index contributed by atoms with van der Waals surface area (Å²) in [5.41, 5.74) is 6.66. The van der Waals surface area contributed by atoms with Crippen molar-refractivity contribution in [2.75, 3.05) is 14.2 Å². The van der Waals surface area contributed by atoms with Crippen LogP contribution in [0.15, 0.2) is 23.2 Å². The molecule has 0 aliphatic heterocycles. The van der Waals surface area contributed by atoms with Gasteiger partial charge in [-0.3, -0.25) is 0 Å². The fourth-order valence-electron chi connectivity index (χ4n) is 1.67.